The SMILES string of the molecule is CC(CO)CCCNc1ccc(Br)cc1N. The smallest absolute Gasteiger partial charge is 0.0574 e. The maximum atomic E-state index is 8.88. The Morgan fingerprint density at radius 1 is 1.50 bits per heavy atom. The molecule has 4 heteroatoms. The molecule has 1 aromatic rings. The van der Waals surface area contributed by atoms with Gasteiger partial charge in [0, 0.05) is 17.6 Å². The first kappa shape index (κ1) is 13.3. The molecule has 0 amide bonds. The van der Waals surface area contributed by atoms with Gasteiger partial charge in [0.05, 0.1) is 11.4 Å². The third-order valence-electron chi connectivity index (χ3n) is 2.51. The van der Waals surface area contributed by atoms with Crippen LogP contribution in [-0.2, 0) is 0 Å². The molecule has 4 N–H and O–H groups in total. The van der Waals surface area contributed by atoms with E-state index in [0.29, 0.717) is 5.92 Å². The van der Waals surface area contributed by atoms with Crippen LogP contribution in [-0.4, -0.2) is 18.3 Å². The van der Waals surface area contributed by atoms with Crippen LogP contribution in [0.3, 0.4) is 0 Å². The molecule has 1 rings (SSSR count). The lowest BCUT2D eigenvalue weighted by atomic mass is 10.1. The van der Waals surface area contributed by atoms with Crippen LogP contribution in [0.4, 0.5) is 11.4 Å². The molecule has 0 aromatic heterocycles. The molecule has 16 heavy (non-hydrogen) atoms. The van der Waals surface area contributed by atoms with Gasteiger partial charge in [-0.05, 0) is 37.0 Å². The number of nitrogens with two attached hydrogens (primary N) is 1. The van der Waals surface area contributed by atoms with Gasteiger partial charge in [-0.2, -0.15) is 0 Å². The minimum atomic E-state index is 0.264. The van der Waals surface area contributed by atoms with Crippen LogP contribution < -0.4 is 11.1 Å². The summed E-state index contributed by atoms with van der Waals surface area (Å²) in [5.74, 6) is 0.379. The third-order valence-corrected chi connectivity index (χ3v) is 3.01. The van der Waals surface area contributed by atoms with Gasteiger partial charge < -0.3 is 16.2 Å². The number of anilines is 2. The van der Waals surface area contributed by atoms with Crippen molar-refractivity contribution < 1.29 is 5.11 Å². The number of aliphatic hydroxyl groups excluding tert-OH is 1. The summed E-state index contributed by atoms with van der Waals surface area (Å²) < 4.78 is 0.990. The number of hydrogen-bond acceptors (Lipinski definition) is 3. The molecule has 0 saturated heterocycles. The first-order valence-corrected chi connectivity index (χ1v) is 6.32. The van der Waals surface area contributed by atoms with Crippen molar-refractivity contribution in [1.82, 2.24) is 0 Å². The van der Waals surface area contributed by atoms with Gasteiger partial charge in [0.2, 0.25) is 0 Å². The van der Waals surface area contributed by atoms with Gasteiger partial charge in [0.1, 0.15) is 0 Å². The quantitative estimate of drug-likeness (QED) is 0.557. The summed E-state index contributed by atoms with van der Waals surface area (Å²) in [5, 5.41) is 12.2. The van der Waals surface area contributed by atoms with E-state index in [4.69, 9.17) is 10.8 Å². The van der Waals surface area contributed by atoms with Crippen LogP contribution in [0.15, 0.2) is 22.7 Å². The van der Waals surface area contributed by atoms with Gasteiger partial charge in [-0.25, -0.2) is 0 Å². The fourth-order valence-corrected chi connectivity index (χ4v) is 1.84. The highest BCUT2D eigenvalue weighted by molar-refractivity contribution is 9.10. The number of nitrogen functional groups attached to an aromatic ring is 1. The van der Waals surface area contributed by atoms with Crippen molar-refractivity contribution in [3.8, 4) is 0 Å². The molecule has 0 fully saturated rings. The van der Waals surface area contributed by atoms with E-state index in [0.717, 1.165) is 35.2 Å². The molecule has 90 valence electrons. The van der Waals surface area contributed by atoms with Crippen molar-refractivity contribution in [2.75, 3.05) is 24.2 Å². The molecular weight excluding hydrogens is 268 g/mol. The number of hydrogen-bond donors (Lipinski definition) is 3. The highest BCUT2D eigenvalue weighted by Gasteiger charge is 2.01. The Labute approximate surface area is 105 Å². The lowest BCUT2D eigenvalue weighted by molar-refractivity contribution is 0.229. The highest BCUT2D eigenvalue weighted by atomic mass is 79.9. The second kappa shape index (κ2) is 6.76. The van der Waals surface area contributed by atoms with Gasteiger partial charge in [0.25, 0.3) is 0 Å². The van der Waals surface area contributed by atoms with E-state index in [-0.39, 0.29) is 6.61 Å². The van der Waals surface area contributed by atoms with Crippen molar-refractivity contribution in [1.29, 1.82) is 0 Å². The van der Waals surface area contributed by atoms with Crippen molar-refractivity contribution in [2.45, 2.75) is 19.8 Å². The number of benzene rings is 1. The summed E-state index contributed by atoms with van der Waals surface area (Å²) in [6.07, 6.45) is 2.07. The Balaban J connectivity index is 2.32. The Hall–Kier alpha value is -0.740. The Morgan fingerprint density at radius 3 is 2.88 bits per heavy atom. The average Bonchev–Trinajstić information content (AvgIpc) is 2.26. The summed E-state index contributed by atoms with van der Waals surface area (Å²) in [6.45, 7) is 3.20. The topological polar surface area (TPSA) is 58.3 Å². The molecule has 1 unspecified atom stereocenters. The van der Waals surface area contributed by atoms with Crippen LogP contribution in [0, 0.1) is 5.92 Å². The van der Waals surface area contributed by atoms with E-state index in [1.807, 2.05) is 25.1 Å². The second-order valence-electron chi connectivity index (χ2n) is 4.09. The lowest BCUT2D eigenvalue weighted by Crippen LogP contribution is -2.07. The van der Waals surface area contributed by atoms with E-state index < -0.39 is 0 Å². The van der Waals surface area contributed by atoms with Crippen molar-refractivity contribution >= 4 is 27.3 Å². The highest BCUT2D eigenvalue weighted by Crippen LogP contribution is 2.22. The lowest BCUT2D eigenvalue weighted by Gasteiger charge is -2.11. The molecule has 3 nitrogen and oxygen atoms in total. The van der Waals surface area contributed by atoms with Gasteiger partial charge >= 0.3 is 0 Å². The number of rotatable bonds is 6. The third kappa shape index (κ3) is 4.41. The zero-order chi connectivity index (χ0) is 12.0. The normalized spacial score (nSPS) is 12.4. The van der Waals surface area contributed by atoms with Gasteiger partial charge in [-0.1, -0.05) is 22.9 Å². The molecule has 0 bridgehead atoms. The van der Waals surface area contributed by atoms with Crippen molar-refractivity contribution in [2.24, 2.45) is 5.92 Å². The number of nitrogens with one attached hydrogen (secondary N) is 1. The van der Waals surface area contributed by atoms with Crippen LogP contribution in [0.2, 0.25) is 0 Å². The zero-order valence-electron chi connectivity index (χ0n) is 9.54. The summed E-state index contributed by atoms with van der Waals surface area (Å²) in [4.78, 5) is 0. The summed E-state index contributed by atoms with van der Waals surface area (Å²) in [7, 11) is 0. The second-order valence-corrected chi connectivity index (χ2v) is 5.00. The molecule has 0 aliphatic rings. The predicted octanol–water partition coefficient (Wildman–Crippen LogP) is 2.85. The maximum Gasteiger partial charge on any atom is 0.0574 e. The van der Waals surface area contributed by atoms with E-state index in [2.05, 4.69) is 21.2 Å². The van der Waals surface area contributed by atoms with Gasteiger partial charge in [-0.15, -0.1) is 0 Å². The van der Waals surface area contributed by atoms with Crippen LogP contribution in [0.5, 0.6) is 0 Å². The Bertz CT molecular complexity index is 331. The van der Waals surface area contributed by atoms with Crippen molar-refractivity contribution in [3.05, 3.63) is 22.7 Å². The molecule has 0 saturated carbocycles. The molecule has 0 heterocycles. The minimum Gasteiger partial charge on any atom is -0.397 e. The first-order chi connectivity index (χ1) is 7.63. The largest absolute Gasteiger partial charge is 0.397 e. The Kier molecular flexibility index (Phi) is 5.63. The summed E-state index contributed by atoms with van der Waals surface area (Å²) in [5.41, 5.74) is 7.58. The van der Waals surface area contributed by atoms with Crippen LogP contribution >= 0.6 is 15.9 Å². The molecule has 0 spiro atoms. The molecular formula is C12H19BrN2O. The summed E-state index contributed by atoms with van der Waals surface area (Å²) >= 11 is 3.37. The first-order valence-electron chi connectivity index (χ1n) is 5.53. The molecule has 0 aliphatic carbocycles. The Morgan fingerprint density at radius 2 is 2.25 bits per heavy atom. The predicted molar refractivity (Wildman–Crippen MR) is 72.5 cm³/mol. The van der Waals surface area contributed by atoms with E-state index in [1.54, 1.807) is 0 Å². The van der Waals surface area contributed by atoms with E-state index in [1.165, 1.54) is 0 Å². The van der Waals surface area contributed by atoms with Crippen LogP contribution in [0.25, 0.3) is 0 Å². The monoisotopic (exact) mass is 286 g/mol. The van der Waals surface area contributed by atoms with Gasteiger partial charge in [-0.3, -0.25) is 0 Å². The standard InChI is InChI=1S/C12H19BrN2O/c1-9(8-16)3-2-6-15-12-5-4-10(13)7-11(12)14/h4-5,7,9,15-16H,2-3,6,8,14H2,1H3. The molecule has 1 aromatic carbocycles. The fourth-order valence-electron chi connectivity index (χ4n) is 1.46. The van der Waals surface area contributed by atoms with Gasteiger partial charge in [0.15, 0.2) is 0 Å². The average molecular weight is 287 g/mol. The minimum absolute atomic E-state index is 0.264. The molecule has 0 aliphatic heterocycles. The van der Waals surface area contributed by atoms with E-state index in [9.17, 15) is 0 Å². The summed E-state index contributed by atoms with van der Waals surface area (Å²) in [6, 6.07) is 5.82. The molecule has 0 radical (unpaired) electrons. The number of halogens is 1. The molecule has 1 atom stereocenters. The van der Waals surface area contributed by atoms with Crippen molar-refractivity contribution in [3.63, 3.8) is 0 Å². The maximum absolute atomic E-state index is 8.88. The van der Waals surface area contributed by atoms with E-state index >= 15 is 0 Å². The fraction of sp³-hybridized carbons (Fsp3) is 0.500. The van der Waals surface area contributed by atoms with Crippen LogP contribution in [0.1, 0.15) is 19.8 Å². The number of aliphatic hydroxyl groups is 1. The zero-order valence-corrected chi connectivity index (χ0v) is 11.1.